The molecule has 0 saturated carbocycles. The Kier molecular flexibility index (Phi) is 6.36. The first-order chi connectivity index (χ1) is 12.4. The molecule has 3 aliphatic rings. The Morgan fingerprint density at radius 1 is 1.23 bits per heavy atom. The first kappa shape index (κ1) is 20.5. The van der Waals surface area contributed by atoms with Gasteiger partial charge in [0.2, 0.25) is 0 Å². The van der Waals surface area contributed by atoms with Gasteiger partial charge in [0.25, 0.3) is 0 Å². The standard InChI is InChI=1S/C20H31IO4Si/c1-5-9-14-10-11-15-17(23-14)13-20(21,26(6-2,7-3)8-4)19-16(24-15)12-18(22)25-19/h5,10-11,14-17,19H,1,6-9,12-13H2,2-4H3/t14-,15+,16-,17-,19+,20-/m1/s1. The molecule has 0 amide bonds. The molecule has 4 nitrogen and oxygen atoms in total. The largest absolute Gasteiger partial charge is 0.458 e. The lowest BCUT2D eigenvalue weighted by atomic mass is 10.0. The number of alkyl halides is 1. The number of rotatable bonds is 6. The van der Waals surface area contributed by atoms with Gasteiger partial charge in [0.1, 0.15) is 18.3 Å². The van der Waals surface area contributed by atoms with Crippen molar-refractivity contribution in [3.8, 4) is 0 Å². The molecule has 0 radical (unpaired) electrons. The van der Waals surface area contributed by atoms with E-state index in [1.165, 1.54) is 18.1 Å². The van der Waals surface area contributed by atoms with Gasteiger partial charge < -0.3 is 14.2 Å². The predicted molar refractivity (Wildman–Crippen MR) is 114 cm³/mol. The summed E-state index contributed by atoms with van der Waals surface area (Å²) < 4.78 is 18.7. The molecule has 0 N–H and O–H groups in total. The van der Waals surface area contributed by atoms with Crippen LogP contribution in [0.5, 0.6) is 0 Å². The lowest BCUT2D eigenvalue weighted by Gasteiger charge is -2.48. The fourth-order valence-corrected chi connectivity index (χ4v) is 14.2. The predicted octanol–water partition coefficient (Wildman–Crippen LogP) is 4.58. The van der Waals surface area contributed by atoms with E-state index >= 15 is 0 Å². The van der Waals surface area contributed by atoms with Gasteiger partial charge in [0.15, 0.2) is 0 Å². The van der Waals surface area contributed by atoms with Gasteiger partial charge in [0, 0.05) is 0 Å². The Morgan fingerprint density at radius 3 is 2.54 bits per heavy atom. The van der Waals surface area contributed by atoms with Crippen molar-refractivity contribution >= 4 is 36.6 Å². The molecule has 0 unspecified atom stereocenters. The van der Waals surface area contributed by atoms with E-state index in [4.69, 9.17) is 14.2 Å². The Labute approximate surface area is 171 Å². The van der Waals surface area contributed by atoms with Crippen LogP contribution in [0, 0.1) is 0 Å². The van der Waals surface area contributed by atoms with Gasteiger partial charge >= 0.3 is 5.97 Å². The van der Waals surface area contributed by atoms with E-state index < -0.39 is 8.07 Å². The Morgan fingerprint density at radius 2 is 1.92 bits per heavy atom. The second-order valence-electron chi connectivity index (χ2n) is 7.78. The zero-order valence-corrected chi connectivity index (χ0v) is 19.2. The van der Waals surface area contributed by atoms with Crippen LogP contribution < -0.4 is 0 Å². The van der Waals surface area contributed by atoms with Crippen LogP contribution >= 0.6 is 22.6 Å². The number of carbonyl (C=O) groups is 1. The van der Waals surface area contributed by atoms with Gasteiger partial charge in [-0.2, -0.15) is 0 Å². The SMILES string of the molecule is C=CC[C@@H]1C=C[C@@H]2O[C@@H]3CC(=O)O[C@@H]3[C@](I)([Si](CC)(CC)CC)C[C@H]2O1. The maximum atomic E-state index is 12.1. The summed E-state index contributed by atoms with van der Waals surface area (Å²) in [5, 5.41) is 0. The van der Waals surface area contributed by atoms with Crippen LogP contribution in [0.2, 0.25) is 18.1 Å². The minimum absolute atomic E-state index is 0.0164. The van der Waals surface area contributed by atoms with Gasteiger partial charge in [-0.3, -0.25) is 4.79 Å². The third-order valence-corrected chi connectivity index (χ3v) is 17.6. The Hall–Kier alpha value is -0.183. The van der Waals surface area contributed by atoms with Crippen LogP contribution in [-0.4, -0.2) is 47.6 Å². The second kappa shape index (κ2) is 8.05. The monoisotopic (exact) mass is 490 g/mol. The third kappa shape index (κ3) is 3.35. The van der Waals surface area contributed by atoms with Gasteiger partial charge in [-0.05, 0) is 12.8 Å². The first-order valence-corrected chi connectivity index (χ1v) is 13.6. The maximum Gasteiger partial charge on any atom is 0.308 e. The van der Waals surface area contributed by atoms with Crippen LogP contribution in [0.4, 0.5) is 0 Å². The molecule has 0 aromatic heterocycles. The molecule has 0 aromatic rings. The number of esters is 1. The highest BCUT2D eigenvalue weighted by atomic mass is 127. The molecule has 2 fully saturated rings. The summed E-state index contributed by atoms with van der Waals surface area (Å²) in [4.78, 5) is 12.1. The smallest absolute Gasteiger partial charge is 0.308 e. The van der Waals surface area contributed by atoms with E-state index in [9.17, 15) is 4.79 Å². The molecule has 6 atom stereocenters. The average molecular weight is 490 g/mol. The average Bonchev–Trinajstić information content (AvgIpc) is 2.95. The summed E-state index contributed by atoms with van der Waals surface area (Å²) in [6.07, 6.45) is 7.89. The quantitative estimate of drug-likeness (QED) is 0.180. The van der Waals surface area contributed by atoms with Gasteiger partial charge in [-0.25, -0.2) is 0 Å². The normalized spacial score (nSPS) is 39.7. The number of hydrogen-bond donors (Lipinski definition) is 0. The minimum Gasteiger partial charge on any atom is -0.458 e. The Balaban J connectivity index is 2.00. The van der Waals surface area contributed by atoms with Crippen LogP contribution in [0.25, 0.3) is 0 Å². The number of halogens is 1. The van der Waals surface area contributed by atoms with Gasteiger partial charge in [0.05, 0.1) is 29.7 Å². The zero-order valence-electron chi connectivity index (χ0n) is 16.1. The van der Waals surface area contributed by atoms with Crippen LogP contribution in [0.1, 0.15) is 40.0 Å². The molecule has 6 heteroatoms. The highest BCUT2D eigenvalue weighted by molar-refractivity contribution is 14.1. The Bertz CT molecular complexity index is 568. The van der Waals surface area contributed by atoms with E-state index in [2.05, 4.69) is 62.1 Å². The molecule has 0 spiro atoms. The number of fused-ring (bicyclic) bond motifs is 2. The van der Waals surface area contributed by atoms with Crippen molar-refractivity contribution in [3.63, 3.8) is 0 Å². The summed E-state index contributed by atoms with van der Waals surface area (Å²) >= 11 is 2.65. The van der Waals surface area contributed by atoms with Crippen molar-refractivity contribution in [2.45, 2.75) is 91.7 Å². The molecule has 0 aliphatic carbocycles. The molecule has 146 valence electrons. The lowest BCUT2D eigenvalue weighted by Crippen LogP contribution is -2.62. The summed E-state index contributed by atoms with van der Waals surface area (Å²) in [5.41, 5.74) is 0. The van der Waals surface area contributed by atoms with E-state index in [1.807, 2.05) is 6.08 Å². The molecule has 2 saturated heterocycles. The van der Waals surface area contributed by atoms with Crippen molar-refractivity contribution in [2.24, 2.45) is 0 Å². The third-order valence-electron chi connectivity index (χ3n) is 6.79. The van der Waals surface area contributed by atoms with Crippen LogP contribution in [-0.2, 0) is 19.0 Å². The van der Waals surface area contributed by atoms with Gasteiger partial charge in [-0.15, -0.1) is 6.58 Å². The highest BCUT2D eigenvalue weighted by Crippen LogP contribution is 2.52. The first-order valence-electron chi connectivity index (χ1n) is 9.91. The zero-order chi connectivity index (χ0) is 18.9. The second-order valence-corrected chi connectivity index (χ2v) is 16.3. The molecular formula is C20H31IO4Si. The van der Waals surface area contributed by atoms with Crippen molar-refractivity contribution in [2.75, 3.05) is 0 Å². The molecule has 3 heterocycles. The fourth-order valence-electron chi connectivity index (χ4n) is 5.11. The minimum atomic E-state index is -1.70. The van der Waals surface area contributed by atoms with E-state index in [0.29, 0.717) is 6.42 Å². The number of carbonyl (C=O) groups excluding carboxylic acids is 1. The van der Waals surface area contributed by atoms with E-state index in [1.54, 1.807) is 0 Å². The van der Waals surface area contributed by atoms with Crippen molar-refractivity contribution < 1.29 is 19.0 Å². The van der Waals surface area contributed by atoms with E-state index in [0.717, 1.165) is 12.8 Å². The maximum absolute atomic E-state index is 12.1. The fraction of sp³-hybridized carbons (Fsp3) is 0.750. The summed E-state index contributed by atoms with van der Waals surface area (Å²) in [5.74, 6) is -0.115. The van der Waals surface area contributed by atoms with Crippen molar-refractivity contribution in [1.29, 1.82) is 0 Å². The molecule has 0 aromatic carbocycles. The topological polar surface area (TPSA) is 44.8 Å². The van der Waals surface area contributed by atoms with Crippen molar-refractivity contribution in [1.82, 2.24) is 0 Å². The molecule has 0 bridgehead atoms. The molecule has 3 aliphatic heterocycles. The molecular weight excluding hydrogens is 459 g/mol. The molecule has 26 heavy (non-hydrogen) atoms. The summed E-state index contributed by atoms with van der Waals surface area (Å²) in [6.45, 7) is 10.8. The van der Waals surface area contributed by atoms with Crippen molar-refractivity contribution in [3.05, 3.63) is 24.8 Å². The van der Waals surface area contributed by atoms with E-state index in [-0.39, 0.29) is 39.5 Å². The van der Waals surface area contributed by atoms with Crippen LogP contribution in [0.15, 0.2) is 24.8 Å². The van der Waals surface area contributed by atoms with Crippen LogP contribution in [0.3, 0.4) is 0 Å². The summed E-state index contributed by atoms with van der Waals surface area (Å²) in [7, 11) is -1.70. The number of hydrogen-bond acceptors (Lipinski definition) is 4. The molecule has 3 rings (SSSR count). The lowest BCUT2D eigenvalue weighted by molar-refractivity contribution is -0.142. The number of ether oxygens (including phenoxy) is 3. The highest BCUT2D eigenvalue weighted by Gasteiger charge is 2.62. The van der Waals surface area contributed by atoms with Gasteiger partial charge in [-0.1, -0.05) is 79.7 Å². The summed E-state index contributed by atoms with van der Waals surface area (Å²) in [6, 6.07) is 3.56.